The van der Waals surface area contributed by atoms with E-state index in [4.69, 9.17) is 10.4 Å². The average molecular weight is 261 g/mol. The fourth-order valence-electron chi connectivity index (χ4n) is 2.25. The number of carboxylic acid groups (broad SMARTS) is 1. The Morgan fingerprint density at radius 3 is 2.89 bits per heavy atom. The second-order valence-electron chi connectivity index (χ2n) is 4.78. The summed E-state index contributed by atoms with van der Waals surface area (Å²) in [6.07, 6.45) is 0.831. The van der Waals surface area contributed by atoms with Crippen LogP contribution in [-0.2, 0) is 4.79 Å². The summed E-state index contributed by atoms with van der Waals surface area (Å²) in [5.41, 5.74) is -0.624. The maximum Gasteiger partial charge on any atom is 0.337 e. The monoisotopic (exact) mass is 261 g/mol. The van der Waals surface area contributed by atoms with Gasteiger partial charge in [-0.3, -0.25) is 0 Å². The van der Waals surface area contributed by atoms with Crippen molar-refractivity contribution in [2.75, 3.05) is 18.0 Å². The zero-order valence-electron chi connectivity index (χ0n) is 10.6. The average Bonchev–Trinajstić information content (AvgIpc) is 2.38. The Labute approximate surface area is 110 Å². The molecule has 0 bridgehead atoms. The van der Waals surface area contributed by atoms with Gasteiger partial charge in [-0.1, -0.05) is 0 Å². The van der Waals surface area contributed by atoms with E-state index >= 15 is 0 Å². The van der Waals surface area contributed by atoms with Crippen molar-refractivity contribution in [1.29, 1.82) is 5.26 Å². The van der Waals surface area contributed by atoms with Crippen LogP contribution in [0.2, 0.25) is 0 Å². The van der Waals surface area contributed by atoms with Gasteiger partial charge in [-0.2, -0.15) is 5.26 Å². The van der Waals surface area contributed by atoms with E-state index in [1.807, 2.05) is 6.07 Å². The van der Waals surface area contributed by atoms with Crippen molar-refractivity contribution in [3.63, 3.8) is 0 Å². The Morgan fingerprint density at radius 1 is 1.58 bits per heavy atom. The molecule has 0 radical (unpaired) electrons. The molecule has 0 aliphatic carbocycles. The Bertz CT molecular complexity index is 553. The number of piperidine rings is 1. The van der Waals surface area contributed by atoms with Crippen molar-refractivity contribution < 1.29 is 15.0 Å². The number of β-amino-alcohol motifs (C(OH)–C–C–N with tert-alkyl or cyclic N) is 1. The Balaban J connectivity index is 2.25. The van der Waals surface area contributed by atoms with Crippen LogP contribution in [0.3, 0.4) is 0 Å². The van der Waals surface area contributed by atoms with Crippen LogP contribution >= 0.6 is 0 Å². The first kappa shape index (κ1) is 13.3. The standard InChI is InChI=1S/C13H15N3O3/c1-9-10(7-14)3-4-11(15-9)16-6-2-5-13(19,8-16)12(17)18/h3-4,19H,2,5-6,8H2,1H3,(H,17,18). The number of aliphatic hydroxyl groups is 1. The molecule has 0 saturated carbocycles. The largest absolute Gasteiger partial charge is 0.479 e. The summed E-state index contributed by atoms with van der Waals surface area (Å²) in [7, 11) is 0. The Kier molecular flexibility index (Phi) is 3.40. The van der Waals surface area contributed by atoms with Gasteiger partial charge in [0.2, 0.25) is 0 Å². The molecule has 1 aromatic heterocycles. The third-order valence-corrected chi connectivity index (χ3v) is 3.38. The SMILES string of the molecule is Cc1nc(N2CCCC(O)(C(=O)O)C2)ccc1C#N. The fraction of sp³-hybridized carbons (Fsp3) is 0.462. The van der Waals surface area contributed by atoms with E-state index in [2.05, 4.69) is 4.98 Å². The molecule has 1 saturated heterocycles. The van der Waals surface area contributed by atoms with Crippen LogP contribution in [0.4, 0.5) is 5.82 Å². The lowest BCUT2D eigenvalue weighted by Gasteiger charge is -2.37. The van der Waals surface area contributed by atoms with Crippen LogP contribution in [0.5, 0.6) is 0 Å². The highest BCUT2D eigenvalue weighted by Gasteiger charge is 2.40. The molecular formula is C13H15N3O3. The van der Waals surface area contributed by atoms with Crippen molar-refractivity contribution in [2.45, 2.75) is 25.4 Å². The van der Waals surface area contributed by atoms with Crippen molar-refractivity contribution in [3.8, 4) is 6.07 Å². The van der Waals surface area contributed by atoms with Gasteiger partial charge in [0.15, 0.2) is 5.60 Å². The number of hydrogen-bond acceptors (Lipinski definition) is 5. The molecule has 1 atom stereocenters. The van der Waals surface area contributed by atoms with E-state index in [9.17, 15) is 9.90 Å². The van der Waals surface area contributed by atoms with Gasteiger partial charge in [-0.05, 0) is 31.9 Å². The van der Waals surface area contributed by atoms with Gasteiger partial charge in [-0.15, -0.1) is 0 Å². The van der Waals surface area contributed by atoms with E-state index < -0.39 is 11.6 Å². The van der Waals surface area contributed by atoms with E-state index in [0.717, 1.165) is 0 Å². The van der Waals surface area contributed by atoms with Crippen LogP contribution in [0, 0.1) is 18.3 Å². The molecule has 0 amide bonds. The summed E-state index contributed by atoms with van der Waals surface area (Å²) >= 11 is 0. The minimum absolute atomic E-state index is 0.0146. The first-order valence-corrected chi connectivity index (χ1v) is 6.05. The van der Waals surface area contributed by atoms with Crippen molar-refractivity contribution in [1.82, 2.24) is 4.98 Å². The number of anilines is 1. The molecule has 100 valence electrons. The molecule has 1 aliphatic heterocycles. The van der Waals surface area contributed by atoms with E-state index in [1.54, 1.807) is 24.0 Å². The molecule has 6 heteroatoms. The number of nitriles is 1. The normalized spacial score (nSPS) is 22.9. The molecule has 2 N–H and O–H groups in total. The van der Waals surface area contributed by atoms with Gasteiger partial charge in [0.1, 0.15) is 11.9 Å². The van der Waals surface area contributed by atoms with Gasteiger partial charge >= 0.3 is 5.97 Å². The number of carbonyl (C=O) groups is 1. The quantitative estimate of drug-likeness (QED) is 0.812. The Hall–Kier alpha value is -2.13. The van der Waals surface area contributed by atoms with Gasteiger partial charge in [-0.25, -0.2) is 9.78 Å². The van der Waals surface area contributed by atoms with Gasteiger partial charge < -0.3 is 15.1 Å². The van der Waals surface area contributed by atoms with Crippen LogP contribution in [-0.4, -0.2) is 39.9 Å². The predicted molar refractivity (Wildman–Crippen MR) is 67.7 cm³/mol. The zero-order valence-corrected chi connectivity index (χ0v) is 10.6. The maximum atomic E-state index is 11.1. The molecule has 2 rings (SSSR count). The second kappa shape index (κ2) is 4.86. The Morgan fingerprint density at radius 2 is 2.32 bits per heavy atom. The van der Waals surface area contributed by atoms with Crippen LogP contribution < -0.4 is 4.90 Å². The summed E-state index contributed by atoms with van der Waals surface area (Å²) in [4.78, 5) is 17.1. The maximum absolute atomic E-state index is 11.1. The van der Waals surface area contributed by atoms with Crippen molar-refractivity contribution in [2.24, 2.45) is 0 Å². The number of hydrogen-bond donors (Lipinski definition) is 2. The number of aryl methyl sites for hydroxylation is 1. The van der Waals surface area contributed by atoms with Crippen LogP contribution in [0.15, 0.2) is 12.1 Å². The highest BCUT2D eigenvalue weighted by atomic mass is 16.4. The molecular weight excluding hydrogens is 246 g/mol. The van der Waals surface area contributed by atoms with E-state index in [1.165, 1.54) is 0 Å². The lowest BCUT2D eigenvalue weighted by Crippen LogP contribution is -2.53. The zero-order chi connectivity index (χ0) is 14.0. The van der Waals surface area contributed by atoms with Gasteiger partial charge in [0, 0.05) is 6.54 Å². The third kappa shape index (κ3) is 2.51. The molecule has 2 heterocycles. The minimum Gasteiger partial charge on any atom is -0.479 e. The highest BCUT2D eigenvalue weighted by Crippen LogP contribution is 2.25. The number of aliphatic carboxylic acids is 1. The number of nitrogens with zero attached hydrogens (tertiary/aromatic N) is 3. The van der Waals surface area contributed by atoms with Crippen molar-refractivity contribution in [3.05, 3.63) is 23.4 Å². The molecule has 0 spiro atoms. The summed E-state index contributed by atoms with van der Waals surface area (Å²) in [5.74, 6) is -0.613. The molecule has 6 nitrogen and oxygen atoms in total. The molecule has 1 unspecified atom stereocenters. The topological polar surface area (TPSA) is 97.4 Å². The van der Waals surface area contributed by atoms with Crippen LogP contribution in [0.25, 0.3) is 0 Å². The molecule has 0 aromatic carbocycles. The molecule has 1 aliphatic rings. The van der Waals surface area contributed by atoms with Crippen LogP contribution in [0.1, 0.15) is 24.1 Å². The summed E-state index contributed by atoms with van der Waals surface area (Å²) in [5, 5.41) is 27.9. The lowest BCUT2D eigenvalue weighted by molar-refractivity contribution is -0.159. The lowest BCUT2D eigenvalue weighted by atomic mass is 9.93. The number of aromatic nitrogens is 1. The number of pyridine rings is 1. The van der Waals surface area contributed by atoms with E-state index in [-0.39, 0.29) is 13.0 Å². The first-order valence-electron chi connectivity index (χ1n) is 6.05. The van der Waals surface area contributed by atoms with Crippen molar-refractivity contribution >= 4 is 11.8 Å². The fourth-order valence-corrected chi connectivity index (χ4v) is 2.25. The highest BCUT2D eigenvalue weighted by molar-refractivity contribution is 5.78. The summed E-state index contributed by atoms with van der Waals surface area (Å²) < 4.78 is 0. The smallest absolute Gasteiger partial charge is 0.337 e. The minimum atomic E-state index is -1.72. The molecule has 19 heavy (non-hydrogen) atoms. The predicted octanol–water partition coefficient (Wildman–Crippen LogP) is 0.678. The van der Waals surface area contributed by atoms with E-state index in [0.29, 0.717) is 30.0 Å². The summed E-state index contributed by atoms with van der Waals surface area (Å²) in [6.45, 7) is 2.39. The second-order valence-corrected chi connectivity index (χ2v) is 4.78. The number of rotatable bonds is 2. The number of carboxylic acids is 1. The third-order valence-electron chi connectivity index (χ3n) is 3.38. The first-order chi connectivity index (χ1) is 8.96. The summed E-state index contributed by atoms with van der Waals surface area (Å²) in [6, 6.07) is 5.37. The van der Waals surface area contributed by atoms with Gasteiger partial charge in [0.25, 0.3) is 0 Å². The molecule has 1 aromatic rings. The molecule has 1 fully saturated rings. The van der Waals surface area contributed by atoms with Gasteiger partial charge in [0.05, 0.1) is 17.8 Å².